The van der Waals surface area contributed by atoms with Gasteiger partial charge in [0.05, 0.1) is 21.8 Å². The van der Waals surface area contributed by atoms with Gasteiger partial charge in [-0.2, -0.15) is 5.10 Å². The Balaban J connectivity index is 1.25. The van der Waals surface area contributed by atoms with Gasteiger partial charge in [0, 0.05) is 18.4 Å². The van der Waals surface area contributed by atoms with Crippen LogP contribution in [0.1, 0.15) is 15.2 Å². The number of hydrogen-bond acceptors (Lipinski definition) is 4. The van der Waals surface area contributed by atoms with E-state index in [0.29, 0.717) is 28.5 Å². The Hall–Kier alpha value is -3.91. The normalized spacial score (nSPS) is 10.5. The number of thiophene rings is 1. The molecule has 0 radical (unpaired) electrons. The highest BCUT2D eigenvalue weighted by Gasteiger charge is 2.11. The fraction of sp³-hybridized carbons (Fsp3) is 0.0870. The van der Waals surface area contributed by atoms with Gasteiger partial charge in [-0.25, -0.2) is 9.48 Å². The van der Waals surface area contributed by atoms with Crippen molar-refractivity contribution in [2.45, 2.75) is 6.42 Å². The Morgan fingerprint density at radius 2 is 1.65 bits per heavy atom. The molecule has 4 rings (SSSR count). The largest absolute Gasteiger partial charge is 0.351 e. The molecular weight excluding hydrogens is 410 g/mol. The van der Waals surface area contributed by atoms with Gasteiger partial charge in [0.1, 0.15) is 0 Å². The van der Waals surface area contributed by atoms with Crippen molar-refractivity contribution in [1.82, 2.24) is 15.1 Å². The molecule has 2 aromatic carbocycles. The van der Waals surface area contributed by atoms with Gasteiger partial charge in [-0.3, -0.25) is 10.1 Å². The van der Waals surface area contributed by atoms with Crippen LogP contribution in [0.4, 0.5) is 15.5 Å². The lowest BCUT2D eigenvalue weighted by Crippen LogP contribution is -2.24. The third kappa shape index (κ3) is 5.58. The van der Waals surface area contributed by atoms with Crippen LogP contribution in [0.15, 0.2) is 85.2 Å². The average molecular weight is 432 g/mol. The van der Waals surface area contributed by atoms with Crippen molar-refractivity contribution >= 4 is 34.0 Å². The zero-order valence-corrected chi connectivity index (χ0v) is 17.4. The lowest BCUT2D eigenvalue weighted by Gasteiger charge is -2.05. The van der Waals surface area contributed by atoms with Crippen molar-refractivity contribution in [3.63, 3.8) is 0 Å². The highest BCUT2D eigenvalue weighted by Crippen LogP contribution is 2.22. The molecule has 0 unspecified atom stereocenters. The molecule has 2 heterocycles. The monoisotopic (exact) mass is 431 g/mol. The molecule has 31 heavy (non-hydrogen) atoms. The molecule has 2 aromatic heterocycles. The van der Waals surface area contributed by atoms with Gasteiger partial charge in [0.15, 0.2) is 0 Å². The number of nitrogens with one attached hydrogen (secondary N) is 3. The molecule has 156 valence electrons. The van der Waals surface area contributed by atoms with Crippen molar-refractivity contribution < 1.29 is 9.59 Å². The van der Waals surface area contributed by atoms with Crippen LogP contribution in [0, 0.1) is 0 Å². The minimum absolute atomic E-state index is 0.169. The zero-order chi connectivity index (χ0) is 21.5. The van der Waals surface area contributed by atoms with Gasteiger partial charge < -0.3 is 10.6 Å². The minimum atomic E-state index is -0.351. The van der Waals surface area contributed by atoms with Crippen LogP contribution in [-0.4, -0.2) is 28.3 Å². The van der Waals surface area contributed by atoms with Crippen LogP contribution < -0.4 is 16.0 Å². The van der Waals surface area contributed by atoms with Gasteiger partial charge >= 0.3 is 6.03 Å². The molecule has 0 saturated carbocycles. The molecule has 0 aliphatic heterocycles. The van der Waals surface area contributed by atoms with Gasteiger partial charge in [-0.05, 0) is 48.4 Å². The maximum absolute atomic E-state index is 12.4. The Morgan fingerprint density at radius 3 is 2.42 bits per heavy atom. The molecule has 0 fully saturated rings. The molecule has 3 N–H and O–H groups in total. The summed E-state index contributed by atoms with van der Waals surface area (Å²) < 4.78 is 1.81. The first-order valence-electron chi connectivity index (χ1n) is 9.77. The summed E-state index contributed by atoms with van der Waals surface area (Å²) in [5, 5.41) is 13.4. The minimum Gasteiger partial charge on any atom is -0.351 e. The number of anilines is 2. The zero-order valence-electron chi connectivity index (χ0n) is 16.6. The van der Waals surface area contributed by atoms with E-state index < -0.39 is 0 Å². The number of urea groups is 1. The predicted octanol–water partition coefficient (Wildman–Crippen LogP) is 4.55. The van der Waals surface area contributed by atoms with E-state index in [1.165, 1.54) is 11.3 Å². The Bertz CT molecular complexity index is 1150. The average Bonchev–Trinajstić information content (AvgIpc) is 3.45. The quantitative estimate of drug-likeness (QED) is 0.401. The van der Waals surface area contributed by atoms with Crippen LogP contribution in [0.2, 0.25) is 0 Å². The lowest BCUT2D eigenvalue weighted by atomic mass is 10.2. The smallest absolute Gasteiger partial charge is 0.324 e. The van der Waals surface area contributed by atoms with E-state index in [2.05, 4.69) is 21.0 Å². The summed E-state index contributed by atoms with van der Waals surface area (Å²) in [6.45, 7) is 0.495. The molecule has 4 aromatic rings. The predicted molar refractivity (Wildman–Crippen MR) is 123 cm³/mol. The maximum atomic E-state index is 12.4. The van der Waals surface area contributed by atoms with Gasteiger partial charge in [-0.1, -0.05) is 36.4 Å². The Morgan fingerprint density at radius 1 is 0.903 bits per heavy atom. The van der Waals surface area contributed by atoms with E-state index in [9.17, 15) is 9.59 Å². The van der Waals surface area contributed by atoms with Crippen LogP contribution in [0.3, 0.4) is 0 Å². The van der Waals surface area contributed by atoms with Crippen molar-refractivity contribution in [3.05, 3.63) is 95.6 Å². The number of amides is 3. The first-order valence-corrected chi connectivity index (χ1v) is 10.6. The van der Waals surface area contributed by atoms with Crippen LogP contribution in [0.25, 0.3) is 5.69 Å². The number of carbonyl (C=O) groups excluding carboxylic acids is 2. The van der Waals surface area contributed by atoms with Gasteiger partial charge in [-0.15, -0.1) is 11.3 Å². The molecule has 7 nitrogen and oxygen atoms in total. The SMILES string of the molecule is O=C(Nc1ccccc1)Nc1ccc(C(=O)NCCc2cnn(-c3ccccc3)c2)s1. The van der Waals surface area contributed by atoms with Crippen molar-refractivity contribution in [2.75, 3.05) is 17.2 Å². The first-order chi connectivity index (χ1) is 15.2. The first kappa shape index (κ1) is 20.4. The van der Waals surface area contributed by atoms with E-state index >= 15 is 0 Å². The molecule has 0 aliphatic carbocycles. The van der Waals surface area contributed by atoms with Crippen molar-refractivity contribution in [1.29, 1.82) is 0 Å². The van der Waals surface area contributed by atoms with E-state index in [-0.39, 0.29) is 11.9 Å². The van der Waals surface area contributed by atoms with Crippen molar-refractivity contribution in [3.8, 4) is 5.69 Å². The summed E-state index contributed by atoms with van der Waals surface area (Å²) in [6, 6.07) is 22.1. The summed E-state index contributed by atoms with van der Waals surface area (Å²) in [5.41, 5.74) is 2.73. The highest BCUT2D eigenvalue weighted by molar-refractivity contribution is 7.18. The van der Waals surface area contributed by atoms with Gasteiger partial charge in [0.2, 0.25) is 0 Å². The third-order valence-electron chi connectivity index (χ3n) is 4.45. The second kappa shape index (κ2) is 9.73. The fourth-order valence-electron chi connectivity index (χ4n) is 2.94. The number of benzene rings is 2. The number of hydrogen-bond donors (Lipinski definition) is 3. The summed E-state index contributed by atoms with van der Waals surface area (Å²) in [4.78, 5) is 25.0. The number of rotatable bonds is 7. The lowest BCUT2D eigenvalue weighted by molar-refractivity contribution is 0.0958. The number of nitrogens with zero attached hydrogens (tertiary/aromatic N) is 2. The summed E-state index contributed by atoms with van der Waals surface area (Å²) in [7, 11) is 0. The second-order valence-electron chi connectivity index (χ2n) is 6.74. The molecule has 0 spiro atoms. The number of aromatic nitrogens is 2. The van der Waals surface area contributed by atoms with Crippen molar-refractivity contribution in [2.24, 2.45) is 0 Å². The Labute approximate surface area is 183 Å². The van der Waals surface area contributed by atoms with E-state index in [1.54, 1.807) is 30.5 Å². The molecule has 3 amide bonds. The molecule has 0 aliphatic rings. The standard InChI is InChI=1S/C23H21N5O2S/c29-22(24-14-13-17-15-25-28(16-17)19-9-5-2-6-10-19)20-11-12-21(31-20)27-23(30)26-18-7-3-1-4-8-18/h1-12,15-16H,13-14H2,(H,24,29)(H2,26,27,30). The molecule has 0 saturated heterocycles. The molecule has 0 atom stereocenters. The number of para-hydroxylation sites is 2. The molecule has 0 bridgehead atoms. The number of carbonyl (C=O) groups is 2. The highest BCUT2D eigenvalue weighted by atomic mass is 32.1. The molecular formula is C23H21N5O2S. The fourth-order valence-corrected chi connectivity index (χ4v) is 3.76. The maximum Gasteiger partial charge on any atom is 0.324 e. The topological polar surface area (TPSA) is 88.1 Å². The summed E-state index contributed by atoms with van der Waals surface area (Å²) in [6.07, 6.45) is 4.44. The van der Waals surface area contributed by atoms with Crippen LogP contribution in [-0.2, 0) is 6.42 Å². The molecule has 8 heteroatoms. The van der Waals surface area contributed by atoms with E-state index in [4.69, 9.17) is 0 Å². The van der Waals surface area contributed by atoms with Crippen LogP contribution >= 0.6 is 11.3 Å². The second-order valence-corrected chi connectivity index (χ2v) is 7.83. The summed E-state index contributed by atoms with van der Waals surface area (Å²) >= 11 is 1.23. The van der Waals surface area contributed by atoms with Gasteiger partial charge in [0.25, 0.3) is 5.91 Å². The Kier molecular flexibility index (Phi) is 6.39. The van der Waals surface area contributed by atoms with E-state index in [1.807, 2.05) is 59.4 Å². The van der Waals surface area contributed by atoms with Crippen LogP contribution in [0.5, 0.6) is 0 Å². The van der Waals surface area contributed by atoms with E-state index in [0.717, 1.165) is 11.3 Å². The summed E-state index contributed by atoms with van der Waals surface area (Å²) in [5.74, 6) is -0.169. The third-order valence-corrected chi connectivity index (χ3v) is 5.45.